The molecule has 1 saturated heterocycles. The molecule has 5 nitrogen and oxygen atoms in total. The maximum atomic E-state index is 11.6. The molecule has 18 heavy (non-hydrogen) atoms. The first-order valence-electron chi connectivity index (χ1n) is 6.10. The molecule has 0 spiro atoms. The molecule has 0 bridgehead atoms. The molecule has 0 aromatic carbocycles. The van der Waals surface area contributed by atoms with E-state index in [1.807, 2.05) is 12.3 Å². The molecule has 1 aromatic heterocycles. The molecule has 1 aliphatic rings. The van der Waals surface area contributed by atoms with E-state index < -0.39 is 0 Å². The number of nitrogens with zero attached hydrogens (tertiary/aromatic N) is 1. The van der Waals surface area contributed by atoms with E-state index in [2.05, 4.69) is 22.5 Å². The van der Waals surface area contributed by atoms with Gasteiger partial charge in [0, 0.05) is 37.1 Å². The summed E-state index contributed by atoms with van der Waals surface area (Å²) in [5.41, 5.74) is -0.168. The molecule has 2 N–H and O–H groups in total. The number of ether oxygens (including phenoxy) is 1. The quantitative estimate of drug-likeness (QED) is 0.799. The highest BCUT2D eigenvalue weighted by atomic mass is 32.1. The van der Waals surface area contributed by atoms with E-state index >= 15 is 0 Å². The number of hydrogen-bond acceptors (Lipinski definition) is 5. The SMILES string of the molecule is CC(CNC(=O)COC1(C)CNC1)c1nccs1. The minimum atomic E-state index is -0.168. The molecule has 1 fully saturated rings. The van der Waals surface area contributed by atoms with Gasteiger partial charge < -0.3 is 15.4 Å². The van der Waals surface area contributed by atoms with Crippen molar-refractivity contribution in [2.75, 3.05) is 26.2 Å². The number of hydrogen-bond donors (Lipinski definition) is 2. The van der Waals surface area contributed by atoms with Gasteiger partial charge in [-0.3, -0.25) is 4.79 Å². The molecule has 0 saturated carbocycles. The summed E-state index contributed by atoms with van der Waals surface area (Å²) >= 11 is 1.61. The Morgan fingerprint density at radius 3 is 3.06 bits per heavy atom. The van der Waals surface area contributed by atoms with Crippen LogP contribution in [0, 0.1) is 0 Å². The minimum absolute atomic E-state index is 0.0634. The Labute approximate surface area is 111 Å². The van der Waals surface area contributed by atoms with Gasteiger partial charge in [0.25, 0.3) is 0 Å². The Morgan fingerprint density at radius 1 is 1.72 bits per heavy atom. The molecule has 1 unspecified atom stereocenters. The summed E-state index contributed by atoms with van der Waals surface area (Å²) in [6.45, 7) is 6.42. The number of aromatic nitrogens is 1. The zero-order valence-corrected chi connectivity index (χ0v) is 11.5. The average Bonchev–Trinajstić information content (AvgIpc) is 2.84. The van der Waals surface area contributed by atoms with Gasteiger partial charge in [-0.15, -0.1) is 11.3 Å². The standard InChI is InChI=1S/C12H19N3O2S/c1-9(11-14-3-4-18-11)5-15-10(16)6-17-12(2)7-13-8-12/h3-4,9,13H,5-8H2,1-2H3,(H,15,16). The molecule has 100 valence electrons. The van der Waals surface area contributed by atoms with E-state index in [0.717, 1.165) is 18.1 Å². The summed E-state index contributed by atoms with van der Waals surface area (Å²) in [5.74, 6) is 0.182. The minimum Gasteiger partial charge on any atom is -0.363 e. The lowest BCUT2D eigenvalue weighted by atomic mass is 10.0. The lowest BCUT2D eigenvalue weighted by Crippen LogP contribution is -2.59. The second-order valence-electron chi connectivity index (χ2n) is 4.92. The zero-order valence-electron chi connectivity index (χ0n) is 10.7. The number of rotatable bonds is 6. The molecule has 1 aliphatic heterocycles. The lowest BCUT2D eigenvalue weighted by Gasteiger charge is -2.38. The van der Waals surface area contributed by atoms with Crippen LogP contribution in [0.2, 0.25) is 0 Å². The summed E-state index contributed by atoms with van der Waals surface area (Å²) in [6.07, 6.45) is 1.78. The van der Waals surface area contributed by atoms with Crippen LogP contribution in [0.5, 0.6) is 0 Å². The van der Waals surface area contributed by atoms with Gasteiger partial charge >= 0.3 is 0 Å². The van der Waals surface area contributed by atoms with Crippen LogP contribution < -0.4 is 10.6 Å². The first kappa shape index (κ1) is 13.5. The van der Waals surface area contributed by atoms with Gasteiger partial charge in [0.2, 0.25) is 5.91 Å². The zero-order chi connectivity index (χ0) is 13.0. The fraction of sp³-hybridized carbons (Fsp3) is 0.667. The summed E-state index contributed by atoms with van der Waals surface area (Å²) in [6, 6.07) is 0. The molecule has 1 aromatic rings. The molecule has 2 rings (SSSR count). The molecule has 0 aliphatic carbocycles. The van der Waals surface area contributed by atoms with Crippen LogP contribution in [-0.4, -0.2) is 42.7 Å². The van der Waals surface area contributed by atoms with E-state index in [9.17, 15) is 4.79 Å². The van der Waals surface area contributed by atoms with E-state index in [1.165, 1.54) is 0 Å². The molecule has 1 atom stereocenters. The first-order valence-corrected chi connectivity index (χ1v) is 6.98. The average molecular weight is 269 g/mol. The number of thiazole rings is 1. The Hall–Kier alpha value is -0.980. The molecule has 0 radical (unpaired) electrons. The Morgan fingerprint density at radius 2 is 2.50 bits per heavy atom. The highest BCUT2D eigenvalue weighted by Crippen LogP contribution is 2.17. The third kappa shape index (κ3) is 3.51. The largest absolute Gasteiger partial charge is 0.363 e. The van der Waals surface area contributed by atoms with Crippen LogP contribution >= 0.6 is 11.3 Å². The first-order chi connectivity index (χ1) is 8.59. The molecule has 6 heteroatoms. The Balaban J connectivity index is 1.65. The van der Waals surface area contributed by atoms with Crippen molar-refractivity contribution < 1.29 is 9.53 Å². The predicted octanol–water partition coefficient (Wildman–Crippen LogP) is 0.741. The van der Waals surface area contributed by atoms with E-state index in [-0.39, 0.29) is 24.0 Å². The lowest BCUT2D eigenvalue weighted by molar-refractivity contribution is -0.135. The molecular formula is C12H19N3O2S. The third-order valence-electron chi connectivity index (χ3n) is 3.03. The summed E-state index contributed by atoms with van der Waals surface area (Å²) < 4.78 is 5.56. The molecular weight excluding hydrogens is 250 g/mol. The van der Waals surface area contributed by atoms with Crippen molar-refractivity contribution in [3.05, 3.63) is 16.6 Å². The molecule has 2 heterocycles. The van der Waals surface area contributed by atoms with E-state index in [1.54, 1.807) is 17.5 Å². The molecule has 1 amide bonds. The van der Waals surface area contributed by atoms with Crippen LogP contribution in [0.4, 0.5) is 0 Å². The van der Waals surface area contributed by atoms with Gasteiger partial charge in [-0.2, -0.15) is 0 Å². The van der Waals surface area contributed by atoms with Crippen molar-refractivity contribution in [2.45, 2.75) is 25.4 Å². The van der Waals surface area contributed by atoms with Crippen LogP contribution in [0.15, 0.2) is 11.6 Å². The van der Waals surface area contributed by atoms with E-state index in [4.69, 9.17) is 4.74 Å². The van der Waals surface area contributed by atoms with Gasteiger partial charge in [-0.05, 0) is 6.92 Å². The second-order valence-corrected chi connectivity index (χ2v) is 5.84. The number of carbonyl (C=O) groups excluding carboxylic acids is 1. The summed E-state index contributed by atoms with van der Waals surface area (Å²) in [5, 5.41) is 9.00. The monoisotopic (exact) mass is 269 g/mol. The van der Waals surface area contributed by atoms with Crippen molar-refractivity contribution in [2.24, 2.45) is 0 Å². The summed E-state index contributed by atoms with van der Waals surface area (Å²) in [4.78, 5) is 15.9. The van der Waals surface area contributed by atoms with Gasteiger partial charge in [-0.25, -0.2) is 4.98 Å². The van der Waals surface area contributed by atoms with Crippen LogP contribution in [0.3, 0.4) is 0 Å². The maximum Gasteiger partial charge on any atom is 0.246 e. The van der Waals surface area contributed by atoms with Crippen molar-refractivity contribution >= 4 is 17.2 Å². The van der Waals surface area contributed by atoms with Crippen molar-refractivity contribution in [1.82, 2.24) is 15.6 Å². The highest BCUT2D eigenvalue weighted by molar-refractivity contribution is 7.09. The predicted molar refractivity (Wildman–Crippen MR) is 70.8 cm³/mol. The Kier molecular flexibility index (Phi) is 4.31. The number of amides is 1. The fourth-order valence-corrected chi connectivity index (χ4v) is 2.40. The Bertz CT molecular complexity index is 390. The normalized spacial score (nSPS) is 19.0. The topological polar surface area (TPSA) is 63.2 Å². The van der Waals surface area contributed by atoms with Crippen molar-refractivity contribution in [3.8, 4) is 0 Å². The van der Waals surface area contributed by atoms with Crippen molar-refractivity contribution in [1.29, 1.82) is 0 Å². The van der Waals surface area contributed by atoms with Crippen LogP contribution in [0.25, 0.3) is 0 Å². The second kappa shape index (κ2) is 5.77. The van der Waals surface area contributed by atoms with E-state index in [0.29, 0.717) is 6.54 Å². The number of nitrogens with one attached hydrogen (secondary N) is 2. The maximum absolute atomic E-state index is 11.6. The van der Waals surface area contributed by atoms with Gasteiger partial charge in [-0.1, -0.05) is 6.92 Å². The highest BCUT2D eigenvalue weighted by Gasteiger charge is 2.32. The fourth-order valence-electron chi connectivity index (χ4n) is 1.70. The van der Waals surface area contributed by atoms with Crippen LogP contribution in [0.1, 0.15) is 24.8 Å². The van der Waals surface area contributed by atoms with Crippen LogP contribution in [-0.2, 0) is 9.53 Å². The van der Waals surface area contributed by atoms with Gasteiger partial charge in [0.1, 0.15) is 6.61 Å². The van der Waals surface area contributed by atoms with Gasteiger partial charge in [0.05, 0.1) is 10.6 Å². The number of carbonyl (C=O) groups is 1. The third-order valence-corrected chi connectivity index (χ3v) is 4.04. The smallest absolute Gasteiger partial charge is 0.246 e. The van der Waals surface area contributed by atoms with Crippen molar-refractivity contribution in [3.63, 3.8) is 0 Å². The van der Waals surface area contributed by atoms with Gasteiger partial charge in [0.15, 0.2) is 0 Å². The summed E-state index contributed by atoms with van der Waals surface area (Å²) in [7, 11) is 0.